The van der Waals surface area contributed by atoms with Gasteiger partial charge in [-0.1, -0.05) is 60.7 Å². The van der Waals surface area contributed by atoms with Gasteiger partial charge in [-0.15, -0.1) is 0 Å². The Hall–Kier alpha value is -3.32. The second-order valence-corrected chi connectivity index (χ2v) is 7.09. The van der Waals surface area contributed by atoms with Gasteiger partial charge < -0.3 is 4.90 Å². The third kappa shape index (κ3) is 1.75. The van der Waals surface area contributed by atoms with Gasteiger partial charge in [-0.2, -0.15) is 0 Å². The van der Waals surface area contributed by atoms with E-state index in [1.807, 2.05) is 0 Å². The molecule has 26 heavy (non-hydrogen) atoms. The van der Waals surface area contributed by atoms with Crippen molar-refractivity contribution in [2.45, 2.75) is 0 Å². The van der Waals surface area contributed by atoms with Crippen LogP contribution in [0.3, 0.4) is 0 Å². The average molecular weight is 331 g/mol. The molecule has 0 radical (unpaired) electrons. The molecule has 4 aromatic rings. The summed E-state index contributed by atoms with van der Waals surface area (Å²) in [6.45, 7) is 0. The number of benzene rings is 4. The van der Waals surface area contributed by atoms with Crippen molar-refractivity contribution >= 4 is 33.3 Å². The summed E-state index contributed by atoms with van der Waals surface area (Å²) in [6, 6.07) is 30.8. The zero-order valence-electron chi connectivity index (χ0n) is 14.5. The number of rotatable bonds is 0. The van der Waals surface area contributed by atoms with Gasteiger partial charge in [0.1, 0.15) is 0 Å². The summed E-state index contributed by atoms with van der Waals surface area (Å²) in [6.07, 6.45) is 0. The number of hydrogen-bond donors (Lipinski definition) is 0. The van der Waals surface area contributed by atoms with E-state index in [0.717, 1.165) is 0 Å². The largest absolute Gasteiger partial charge is 0.344 e. The van der Waals surface area contributed by atoms with Crippen molar-refractivity contribution < 1.29 is 0 Å². The lowest BCUT2D eigenvalue weighted by Crippen LogP contribution is -2.17. The molecule has 1 aliphatic carbocycles. The summed E-state index contributed by atoms with van der Waals surface area (Å²) >= 11 is 0. The smallest absolute Gasteiger partial charge is 0.0488 e. The first kappa shape index (κ1) is 13.9. The highest BCUT2D eigenvalue weighted by Crippen LogP contribution is 2.55. The quantitative estimate of drug-likeness (QED) is 0.324. The summed E-state index contributed by atoms with van der Waals surface area (Å²) in [7, 11) is 2.16. The first-order valence-corrected chi connectivity index (χ1v) is 9.03. The van der Waals surface area contributed by atoms with E-state index < -0.39 is 0 Å². The SMILES string of the molecule is CN1c2ccccc2C(=C2c3cc4ccccc4cc32)c2ccccc21. The summed E-state index contributed by atoms with van der Waals surface area (Å²) in [5, 5.41) is 2.63. The van der Waals surface area contributed by atoms with E-state index in [1.54, 1.807) is 0 Å². The first-order valence-electron chi connectivity index (χ1n) is 9.03. The summed E-state index contributed by atoms with van der Waals surface area (Å²) in [5.74, 6) is 0. The second kappa shape index (κ2) is 4.86. The fourth-order valence-electron chi connectivity index (χ4n) is 4.37. The summed E-state index contributed by atoms with van der Waals surface area (Å²) in [5.41, 5.74) is 10.8. The Morgan fingerprint density at radius 1 is 0.500 bits per heavy atom. The number of fused-ring (bicyclic) bond motifs is 4. The fourth-order valence-corrected chi connectivity index (χ4v) is 4.37. The molecule has 0 spiro atoms. The standard InChI is InChI=1S/C25H17N/c1-26-22-12-6-4-10-18(22)24(19-11-5-7-13-23(19)26)25-20-14-16-8-2-3-9-17(16)15-21(20)25/h2-15H,1H3. The lowest BCUT2D eigenvalue weighted by Gasteiger charge is -2.31. The number of nitrogens with zero attached hydrogens (tertiary/aromatic N) is 1. The maximum absolute atomic E-state index is 2.34. The molecule has 0 aromatic heterocycles. The Labute approximate surface area is 152 Å². The van der Waals surface area contributed by atoms with Gasteiger partial charge in [0.15, 0.2) is 0 Å². The molecule has 1 heterocycles. The molecule has 0 amide bonds. The van der Waals surface area contributed by atoms with Gasteiger partial charge in [0, 0.05) is 35.1 Å². The van der Waals surface area contributed by atoms with Crippen molar-refractivity contribution in [2.75, 3.05) is 11.9 Å². The molecule has 0 saturated carbocycles. The van der Waals surface area contributed by atoms with Crippen LogP contribution >= 0.6 is 0 Å². The van der Waals surface area contributed by atoms with Gasteiger partial charge in [0.05, 0.1) is 0 Å². The lowest BCUT2D eigenvalue weighted by molar-refractivity contribution is 1.17. The molecule has 0 bridgehead atoms. The van der Waals surface area contributed by atoms with Crippen LogP contribution in [0.5, 0.6) is 0 Å². The van der Waals surface area contributed by atoms with Crippen LogP contribution in [0.25, 0.3) is 21.9 Å². The molecule has 0 N–H and O–H groups in total. The summed E-state index contributed by atoms with van der Waals surface area (Å²) in [4.78, 5) is 2.30. The number of para-hydroxylation sites is 2. The molecule has 0 unspecified atom stereocenters. The minimum Gasteiger partial charge on any atom is -0.344 e. The van der Waals surface area contributed by atoms with Gasteiger partial charge in [-0.05, 0) is 51.7 Å². The Bertz CT molecular complexity index is 1150. The van der Waals surface area contributed by atoms with Crippen molar-refractivity contribution in [1.29, 1.82) is 0 Å². The fraction of sp³-hybridized carbons (Fsp3) is 0.0400. The van der Waals surface area contributed by atoms with Crippen LogP contribution in [0, 0.1) is 0 Å². The molecule has 4 aromatic carbocycles. The number of hydrogen-bond acceptors (Lipinski definition) is 1. The average Bonchev–Trinajstić information content (AvgIpc) is 3.39. The topological polar surface area (TPSA) is 3.24 Å². The third-order valence-corrected chi connectivity index (χ3v) is 5.68. The lowest BCUT2D eigenvalue weighted by atomic mass is 9.89. The highest BCUT2D eigenvalue weighted by molar-refractivity contribution is 6.21. The van der Waals surface area contributed by atoms with Crippen molar-refractivity contribution in [3.63, 3.8) is 0 Å². The minimum absolute atomic E-state index is 1.27. The van der Waals surface area contributed by atoms with E-state index >= 15 is 0 Å². The number of anilines is 2. The van der Waals surface area contributed by atoms with E-state index in [2.05, 4.69) is 96.9 Å². The van der Waals surface area contributed by atoms with E-state index in [0.29, 0.717) is 0 Å². The molecular weight excluding hydrogens is 314 g/mol. The van der Waals surface area contributed by atoms with Crippen LogP contribution in [0.4, 0.5) is 11.4 Å². The van der Waals surface area contributed by atoms with Gasteiger partial charge in [0.2, 0.25) is 0 Å². The van der Waals surface area contributed by atoms with Crippen LogP contribution in [-0.2, 0) is 0 Å². The predicted octanol–water partition coefficient (Wildman–Crippen LogP) is 6.24. The van der Waals surface area contributed by atoms with Crippen LogP contribution in [0.1, 0.15) is 22.3 Å². The normalized spacial score (nSPS) is 14.1. The Morgan fingerprint density at radius 3 is 1.46 bits per heavy atom. The van der Waals surface area contributed by atoms with Crippen molar-refractivity contribution in [1.82, 2.24) is 0 Å². The molecular formula is C25H17N. The maximum Gasteiger partial charge on any atom is 0.0488 e. The molecule has 1 heteroatoms. The van der Waals surface area contributed by atoms with Crippen LogP contribution in [0.15, 0.2) is 84.9 Å². The van der Waals surface area contributed by atoms with Crippen LogP contribution < -0.4 is 4.90 Å². The van der Waals surface area contributed by atoms with Gasteiger partial charge in [-0.25, -0.2) is 0 Å². The molecule has 122 valence electrons. The maximum atomic E-state index is 2.34. The molecule has 0 fully saturated rings. The van der Waals surface area contributed by atoms with E-state index in [-0.39, 0.29) is 0 Å². The third-order valence-electron chi connectivity index (χ3n) is 5.68. The summed E-state index contributed by atoms with van der Waals surface area (Å²) < 4.78 is 0. The predicted molar refractivity (Wildman–Crippen MR) is 110 cm³/mol. The van der Waals surface area contributed by atoms with Crippen LogP contribution in [-0.4, -0.2) is 7.05 Å². The van der Waals surface area contributed by atoms with Gasteiger partial charge in [0.25, 0.3) is 0 Å². The minimum atomic E-state index is 1.27. The van der Waals surface area contributed by atoms with E-state index in [1.165, 1.54) is 55.5 Å². The van der Waals surface area contributed by atoms with E-state index in [9.17, 15) is 0 Å². The molecule has 6 rings (SSSR count). The van der Waals surface area contributed by atoms with Crippen molar-refractivity contribution in [2.24, 2.45) is 0 Å². The Morgan fingerprint density at radius 2 is 0.923 bits per heavy atom. The van der Waals surface area contributed by atoms with Crippen molar-refractivity contribution in [3.8, 4) is 0 Å². The monoisotopic (exact) mass is 331 g/mol. The second-order valence-electron chi connectivity index (χ2n) is 7.09. The molecule has 1 nitrogen and oxygen atoms in total. The zero-order valence-corrected chi connectivity index (χ0v) is 14.5. The molecule has 0 saturated heterocycles. The van der Waals surface area contributed by atoms with Crippen molar-refractivity contribution in [3.05, 3.63) is 107 Å². The first-order chi connectivity index (χ1) is 12.8. The highest BCUT2D eigenvalue weighted by Gasteiger charge is 2.34. The highest BCUT2D eigenvalue weighted by atomic mass is 15.1. The molecule has 0 atom stereocenters. The van der Waals surface area contributed by atoms with Gasteiger partial charge >= 0.3 is 0 Å². The Kier molecular flexibility index (Phi) is 2.60. The Balaban J connectivity index is 1.69. The zero-order chi connectivity index (χ0) is 17.3. The van der Waals surface area contributed by atoms with Crippen LogP contribution in [0.2, 0.25) is 0 Å². The van der Waals surface area contributed by atoms with Gasteiger partial charge in [-0.3, -0.25) is 0 Å². The molecule has 1 aliphatic heterocycles. The molecule has 2 aliphatic rings. The van der Waals surface area contributed by atoms with E-state index in [4.69, 9.17) is 0 Å².